The van der Waals surface area contributed by atoms with Crippen molar-refractivity contribution < 1.29 is 4.74 Å². The number of thiophene rings is 1. The van der Waals surface area contributed by atoms with Gasteiger partial charge in [-0.3, -0.25) is 0 Å². The molecule has 0 unspecified atom stereocenters. The third kappa shape index (κ3) is 3.48. The fourth-order valence-corrected chi connectivity index (χ4v) is 4.05. The van der Waals surface area contributed by atoms with Gasteiger partial charge in [0.15, 0.2) is 0 Å². The van der Waals surface area contributed by atoms with E-state index in [-0.39, 0.29) is 5.95 Å². The van der Waals surface area contributed by atoms with Gasteiger partial charge < -0.3 is 10.5 Å². The molecule has 132 valence electrons. The smallest absolute Gasteiger partial charge is 0.220 e. The van der Waals surface area contributed by atoms with Gasteiger partial charge in [-0.25, -0.2) is 9.97 Å². The first-order valence-electron chi connectivity index (χ1n) is 8.42. The minimum absolute atomic E-state index is 0.286. The van der Waals surface area contributed by atoms with Crippen molar-refractivity contribution in [1.82, 2.24) is 9.97 Å². The standard InChI is InChI=1S/C22H17N3OS/c1-14-18-13-16(7-6-15-4-3-5-17(12-15)26-2)8-9-20(18)27-21(14)19-10-11-24-22(23)25-19/h3-5,8-13H,1-2H3,(H2,23,24,25). The summed E-state index contributed by atoms with van der Waals surface area (Å²) in [6.07, 6.45) is 1.69. The molecule has 27 heavy (non-hydrogen) atoms. The number of nitrogen functional groups attached to an aromatic ring is 1. The number of anilines is 1. The van der Waals surface area contributed by atoms with Crippen LogP contribution < -0.4 is 10.5 Å². The van der Waals surface area contributed by atoms with Gasteiger partial charge in [-0.05, 0) is 60.3 Å². The highest BCUT2D eigenvalue weighted by atomic mass is 32.1. The van der Waals surface area contributed by atoms with Gasteiger partial charge in [0.05, 0.1) is 17.7 Å². The van der Waals surface area contributed by atoms with Crippen molar-refractivity contribution in [1.29, 1.82) is 0 Å². The van der Waals surface area contributed by atoms with E-state index in [4.69, 9.17) is 10.5 Å². The zero-order chi connectivity index (χ0) is 18.8. The lowest BCUT2D eigenvalue weighted by Crippen LogP contribution is -1.94. The monoisotopic (exact) mass is 371 g/mol. The predicted molar refractivity (Wildman–Crippen MR) is 111 cm³/mol. The van der Waals surface area contributed by atoms with E-state index in [0.29, 0.717) is 0 Å². The molecule has 5 heteroatoms. The third-order valence-corrected chi connectivity index (χ3v) is 5.56. The van der Waals surface area contributed by atoms with E-state index in [2.05, 4.69) is 40.9 Å². The number of aryl methyl sites for hydroxylation is 1. The molecule has 4 aromatic rings. The maximum Gasteiger partial charge on any atom is 0.220 e. The van der Waals surface area contributed by atoms with Gasteiger partial charge in [0, 0.05) is 22.0 Å². The first-order valence-corrected chi connectivity index (χ1v) is 9.24. The quantitative estimate of drug-likeness (QED) is 0.521. The third-order valence-electron chi connectivity index (χ3n) is 4.26. The summed E-state index contributed by atoms with van der Waals surface area (Å²) in [5, 5.41) is 1.18. The van der Waals surface area contributed by atoms with Crippen LogP contribution in [0.15, 0.2) is 54.7 Å². The predicted octanol–water partition coefficient (Wildman–Crippen LogP) is 4.66. The van der Waals surface area contributed by atoms with E-state index in [1.54, 1.807) is 24.6 Å². The number of methoxy groups -OCH3 is 1. The van der Waals surface area contributed by atoms with Gasteiger partial charge in [0.25, 0.3) is 0 Å². The summed E-state index contributed by atoms with van der Waals surface area (Å²) < 4.78 is 6.45. The number of nitrogens with zero attached hydrogens (tertiary/aromatic N) is 2. The Balaban J connectivity index is 1.73. The summed E-state index contributed by atoms with van der Waals surface area (Å²) in [6.45, 7) is 2.10. The summed E-state index contributed by atoms with van der Waals surface area (Å²) in [5.74, 6) is 7.54. The number of aromatic nitrogens is 2. The Morgan fingerprint density at radius 2 is 1.85 bits per heavy atom. The zero-order valence-corrected chi connectivity index (χ0v) is 15.8. The number of rotatable bonds is 2. The molecule has 2 aromatic heterocycles. The molecule has 0 aliphatic heterocycles. The number of fused-ring (bicyclic) bond motifs is 1. The van der Waals surface area contributed by atoms with Crippen molar-refractivity contribution >= 4 is 27.4 Å². The first-order chi connectivity index (χ1) is 13.1. The molecule has 0 atom stereocenters. The van der Waals surface area contributed by atoms with Gasteiger partial charge in [-0.2, -0.15) is 0 Å². The van der Waals surface area contributed by atoms with Gasteiger partial charge in [-0.15, -0.1) is 11.3 Å². The summed E-state index contributed by atoms with van der Waals surface area (Å²) in [5.41, 5.74) is 9.66. The highest BCUT2D eigenvalue weighted by Crippen LogP contribution is 2.37. The van der Waals surface area contributed by atoms with Crippen LogP contribution in [0.5, 0.6) is 5.75 Å². The minimum atomic E-state index is 0.286. The molecule has 0 radical (unpaired) electrons. The van der Waals surface area contributed by atoms with Crippen LogP contribution in [-0.2, 0) is 0 Å². The van der Waals surface area contributed by atoms with E-state index in [1.165, 1.54) is 15.6 Å². The molecule has 0 saturated heterocycles. The fraction of sp³-hybridized carbons (Fsp3) is 0.0909. The molecule has 2 aromatic carbocycles. The Labute approximate surface area is 161 Å². The van der Waals surface area contributed by atoms with Crippen molar-refractivity contribution in [3.8, 4) is 28.2 Å². The average molecular weight is 371 g/mol. The number of hydrogen-bond acceptors (Lipinski definition) is 5. The molecule has 2 N–H and O–H groups in total. The van der Waals surface area contributed by atoms with Crippen molar-refractivity contribution in [3.63, 3.8) is 0 Å². The van der Waals surface area contributed by atoms with Crippen LogP contribution in [0.4, 0.5) is 5.95 Å². The molecule has 0 aliphatic rings. The van der Waals surface area contributed by atoms with E-state index < -0.39 is 0 Å². The molecule has 0 bridgehead atoms. The molecule has 4 rings (SSSR count). The lowest BCUT2D eigenvalue weighted by atomic mass is 10.1. The second-order valence-electron chi connectivity index (χ2n) is 6.05. The Morgan fingerprint density at radius 1 is 1.04 bits per heavy atom. The normalized spacial score (nSPS) is 10.4. The van der Waals surface area contributed by atoms with Crippen LogP contribution in [0.1, 0.15) is 16.7 Å². The number of nitrogens with two attached hydrogens (primary N) is 1. The fourth-order valence-electron chi connectivity index (χ4n) is 2.89. The number of hydrogen-bond donors (Lipinski definition) is 1. The maximum absolute atomic E-state index is 5.74. The van der Waals surface area contributed by atoms with E-state index in [1.807, 2.05) is 36.4 Å². The van der Waals surface area contributed by atoms with Crippen LogP contribution in [-0.4, -0.2) is 17.1 Å². The second kappa shape index (κ2) is 7.10. The van der Waals surface area contributed by atoms with Gasteiger partial charge >= 0.3 is 0 Å². The Hall–Kier alpha value is -3.36. The SMILES string of the molecule is COc1cccc(C#Cc2ccc3sc(-c4ccnc(N)n4)c(C)c3c2)c1. The molecule has 4 nitrogen and oxygen atoms in total. The summed E-state index contributed by atoms with van der Waals surface area (Å²) in [7, 11) is 1.66. The minimum Gasteiger partial charge on any atom is -0.497 e. The summed E-state index contributed by atoms with van der Waals surface area (Å²) >= 11 is 1.70. The zero-order valence-electron chi connectivity index (χ0n) is 15.0. The Morgan fingerprint density at radius 3 is 2.63 bits per heavy atom. The maximum atomic E-state index is 5.74. The number of ether oxygens (including phenoxy) is 1. The Kier molecular flexibility index (Phi) is 4.49. The molecule has 0 aliphatic carbocycles. The van der Waals surface area contributed by atoms with Gasteiger partial charge in [-0.1, -0.05) is 17.9 Å². The summed E-state index contributed by atoms with van der Waals surface area (Å²) in [4.78, 5) is 9.43. The molecular formula is C22H17N3OS. The summed E-state index contributed by atoms with van der Waals surface area (Å²) in [6, 6.07) is 15.9. The topological polar surface area (TPSA) is 61.0 Å². The van der Waals surface area contributed by atoms with Crippen LogP contribution in [0.3, 0.4) is 0 Å². The average Bonchev–Trinajstić information content (AvgIpc) is 3.03. The Bertz CT molecular complexity index is 1200. The van der Waals surface area contributed by atoms with Crippen LogP contribution in [0.2, 0.25) is 0 Å². The molecule has 0 fully saturated rings. The van der Waals surface area contributed by atoms with Crippen molar-refractivity contribution in [3.05, 3.63) is 71.4 Å². The molecule has 2 heterocycles. The van der Waals surface area contributed by atoms with E-state index >= 15 is 0 Å². The van der Waals surface area contributed by atoms with E-state index in [9.17, 15) is 0 Å². The highest BCUT2D eigenvalue weighted by Gasteiger charge is 2.12. The van der Waals surface area contributed by atoms with Crippen molar-refractivity contribution in [2.45, 2.75) is 6.92 Å². The van der Waals surface area contributed by atoms with Gasteiger partial charge in [0.2, 0.25) is 5.95 Å². The van der Waals surface area contributed by atoms with Gasteiger partial charge in [0.1, 0.15) is 5.75 Å². The highest BCUT2D eigenvalue weighted by molar-refractivity contribution is 7.22. The molecular weight excluding hydrogens is 354 g/mol. The number of benzene rings is 2. The van der Waals surface area contributed by atoms with Crippen LogP contribution in [0.25, 0.3) is 20.7 Å². The molecule has 0 amide bonds. The molecule has 0 spiro atoms. The van der Waals surface area contributed by atoms with Crippen molar-refractivity contribution in [2.24, 2.45) is 0 Å². The molecule has 0 saturated carbocycles. The second-order valence-corrected chi connectivity index (χ2v) is 7.10. The van der Waals surface area contributed by atoms with Crippen LogP contribution in [0, 0.1) is 18.8 Å². The first kappa shape index (κ1) is 17.1. The lowest BCUT2D eigenvalue weighted by molar-refractivity contribution is 0.414. The largest absolute Gasteiger partial charge is 0.497 e. The van der Waals surface area contributed by atoms with Crippen molar-refractivity contribution in [2.75, 3.05) is 12.8 Å². The lowest BCUT2D eigenvalue weighted by Gasteiger charge is -1.99. The van der Waals surface area contributed by atoms with E-state index in [0.717, 1.165) is 27.4 Å². The van der Waals surface area contributed by atoms with Crippen LogP contribution >= 0.6 is 11.3 Å².